The van der Waals surface area contributed by atoms with Crippen LogP contribution < -0.4 is 14.3 Å². The van der Waals surface area contributed by atoms with Crippen molar-refractivity contribution < 1.29 is 13.2 Å². The summed E-state index contributed by atoms with van der Waals surface area (Å²) in [7, 11) is -3.85. The van der Waals surface area contributed by atoms with E-state index in [2.05, 4.69) is 4.72 Å². The first kappa shape index (κ1) is 24.1. The Labute approximate surface area is 213 Å². The van der Waals surface area contributed by atoms with Gasteiger partial charge in [0.25, 0.3) is 0 Å². The van der Waals surface area contributed by atoms with Crippen molar-refractivity contribution in [3.63, 3.8) is 0 Å². The molecule has 1 aromatic heterocycles. The lowest BCUT2D eigenvalue weighted by atomic mass is 9.90. The zero-order valence-corrected chi connectivity index (χ0v) is 21.9. The number of ether oxygens (including phenoxy) is 1. The molecule has 6 nitrogen and oxygen atoms in total. The molecule has 1 N–H and O–H groups in total. The molecule has 4 aromatic rings. The molecule has 0 bridgehead atoms. The number of nitrogens with zero attached hydrogens (tertiary/aromatic N) is 1. The zero-order chi connectivity index (χ0) is 25.0. The van der Waals surface area contributed by atoms with Crippen LogP contribution in [-0.2, 0) is 16.6 Å². The predicted molar refractivity (Wildman–Crippen MR) is 140 cm³/mol. The predicted octanol–water partition coefficient (Wildman–Crippen LogP) is 5.65. The molecule has 2 heterocycles. The SMILES string of the molecule is Cc1ccc2c(c1)OC(C)(C)C[C@H]2NS(=O)(=O)c1ccc2c(c1)sc(=O)n2Cc1ccccc1Cl. The van der Waals surface area contributed by atoms with Gasteiger partial charge >= 0.3 is 4.87 Å². The van der Waals surface area contributed by atoms with Crippen LogP contribution in [0.2, 0.25) is 5.02 Å². The largest absolute Gasteiger partial charge is 0.487 e. The van der Waals surface area contributed by atoms with Crippen molar-refractivity contribution in [3.8, 4) is 5.75 Å². The Morgan fingerprint density at radius 2 is 1.91 bits per heavy atom. The second kappa shape index (κ2) is 8.78. The second-order valence-corrected chi connectivity index (χ2v) is 12.6. The molecule has 0 aliphatic carbocycles. The molecule has 182 valence electrons. The summed E-state index contributed by atoms with van der Waals surface area (Å²) < 4.78 is 38.0. The quantitative estimate of drug-likeness (QED) is 0.363. The number of thiazole rings is 1. The van der Waals surface area contributed by atoms with Gasteiger partial charge in [-0.2, -0.15) is 0 Å². The molecule has 1 aliphatic heterocycles. The molecule has 5 rings (SSSR count). The van der Waals surface area contributed by atoms with E-state index in [0.29, 0.717) is 34.0 Å². The lowest BCUT2D eigenvalue weighted by Gasteiger charge is -2.38. The summed E-state index contributed by atoms with van der Waals surface area (Å²) >= 11 is 7.30. The highest BCUT2D eigenvalue weighted by molar-refractivity contribution is 7.89. The first-order valence-electron chi connectivity index (χ1n) is 11.2. The van der Waals surface area contributed by atoms with Crippen molar-refractivity contribution in [1.82, 2.24) is 9.29 Å². The summed E-state index contributed by atoms with van der Waals surface area (Å²) in [6.07, 6.45) is 0.492. The standard InChI is InChI=1S/C26H25ClN2O4S2/c1-16-8-10-19-21(14-26(2,3)33-23(19)12-16)28-35(31,32)18-9-11-22-24(13-18)34-25(30)29(22)15-17-6-4-5-7-20(17)27/h4-13,21,28H,14-15H2,1-3H3/t21-/m1/s1. The van der Waals surface area contributed by atoms with Gasteiger partial charge in [-0.25, -0.2) is 13.1 Å². The normalized spacial score (nSPS) is 17.2. The van der Waals surface area contributed by atoms with Crippen LogP contribution in [0.5, 0.6) is 5.75 Å². The van der Waals surface area contributed by atoms with Crippen molar-refractivity contribution in [1.29, 1.82) is 0 Å². The second-order valence-electron chi connectivity index (χ2n) is 9.46. The third-order valence-electron chi connectivity index (χ3n) is 6.16. The number of hydrogen-bond donors (Lipinski definition) is 1. The van der Waals surface area contributed by atoms with Gasteiger partial charge in [0.05, 0.1) is 27.7 Å². The molecule has 0 radical (unpaired) electrons. The van der Waals surface area contributed by atoms with Crippen molar-refractivity contribution in [2.75, 3.05) is 0 Å². The number of nitrogens with one attached hydrogen (secondary N) is 1. The van der Waals surface area contributed by atoms with Gasteiger partial charge < -0.3 is 4.74 Å². The maximum Gasteiger partial charge on any atom is 0.308 e. The third-order valence-corrected chi connectivity index (χ3v) is 8.94. The van der Waals surface area contributed by atoms with E-state index in [1.54, 1.807) is 28.8 Å². The van der Waals surface area contributed by atoms with Crippen LogP contribution in [0.3, 0.4) is 0 Å². The van der Waals surface area contributed by atoms with Crippen LogP contribution >= 0.6 is 22.9 Å². The number of aryl methyl sites for hydroxylation is 1. The average Bonchev–Trinajstić information content (AvgIpc) is 3.08. The molecule has 0 unspecified atom stereocenters. The Morgan fingerprint density at radius 3 is 2.69 bits per heavy atom. The summed E-state index contributed by atoms with van der Waals surface area (Å²) in [5.74, 6) is 0.694. The van der Waals surface area contributed by atoms with Gasteiger partial charge in [0.1, 0.15) is 11.4 Å². The lowest BCUT2D eigenvalue weighted by Crippen LogP contribution is -2.41. The van der Waals surface area contributed by atoms with Crippen LogP contribution in [0.15, 0.2) is 70.4 Å². The Hall–Kier alpha value is -2.65. The Bertz CT molecular complexity index is 1610. The van der Waals surface area contributed by atoms with E-state index in [1.165, 1.54) is 0 Å². The number of hydrogen-bond acceptors (Lipinski definition) is 5. The Balaban J connectivity index is 1.48. The Morgan fingerprint density at radius 1 is 1.14 bits per heavy atom. The van der Waals surface area contributed by atoms with E-state index >= 15 is 0 Å². The minimum atomic E-state index is -3.85. The van der Waals surface area contributed by atoms with Crippen LogP contribution in [0.1, 0.15) is 43.0 Å². The van der Waals surface area contributed by atoms with E-state index in [0.717, 1.165) is 28.0 Å². The van der Waals surface area contributed by atoms with Gasteiger partial charge in [-0.05, 0) is 62.2 Å². The van der Waals surface area contributed by atoms with E-state index in [-0.39, 0.29) is 9.77 Å². The molecule has 0 saturated heterocycles. The first-order chi connectivity index (χ1) is 16.5. The van der Waals surface area contributed by atoms with Crippen molar-refractivity contribution in [2.45, 2.75) is 50.3 Å². The summed E-state index contributed by atoms with van der Waals surface area (Å²) in [6.45, 7) is 6.19. The summed E-state index contributed by atoms with van der Waals surface area (Å²) in [4.78, 5) is 12.7. The minimum Gasteiger partial charge on any atom is -0.487 e. The Kier molecular flexibility index (Phi) is 6.04. The monoisotopic (exact) mass is 528 g/mol. The molecule has 0 saturated carbocycles. The van der Waals surface area contributed by atoms with Crippen molar-refractivity contribution in [2.24, 2.45) is 0 Å². The maximum atomic E-state index is 13.4. The molecule has 9 heteroatoms. The van der Waals surface area contributed by atoms with Gasteiger partial charge in [-0.1, -0.05) is 53.3 Å². The van der Waals surface area contributed by atoms with Gasteiger partial charge in [0.2, 0.25) is 10.0 Å². The molecule has 0 spiro atoms. The van der Waals surface area contributed by atoms with E-state index in [1.807, 2.05) is 57.2 Å². The topological polar surface area (TPSA) is 77.4 Å². The number of aromatic nitrogens is 1. The van der Waals surface area contributed by atoms with E-state index in [9.17, 15) is 13.2 Å². The summed E-state index contributed by atoms with van der Waals surface area (Å²) in [5, 5.41) is 0.581. The molecule has 0 amide bonds. The number of rotatable bonds is 5. The average molecular weight is 529 g/mol. The summed E-state index contributed by atoms with van der Waals surface area (Å²) in [6, 6.07) is 17.5. The van der Waals surface area contributed by atoms with Crippen LogP contribution in [0.4, 0.5) is 0 Å². The fourth-order valence-corrected chi connectivity index (χ4v) is 6.92. The van der Waals surface area contributed by atoms with E-state index < -0.39 is 21.7 Å². The molecular formula is C26H25ClN2O4S2. The van der Waals surface area contributed by atoms with Crippen LogP contribution in [0, 0.1) is 6.92 Å². The van der Waals surface area contributed by atoms with Crippen molar-refractivity contribution in [3.05, 3.63) is 92.0 Å². The number of halogens is 1. The fourth-order valence-electron chi connectivity index (χ4n) is 4.48. The van der Waals surface area contributed by atoms with Crippen molar-refractivity contribution >= 4 is 43.2 Å². The first-order valence-corrected chi connectivity index (χ1v) is 13.9. The van der Waals surface area contributed by atoms with Gasteiger partial charge in [0.15, 0.2) is 0 Å². The molecule has 0 fully saturated rings. The van der Waals surface area contributed by atoms with Crippen LogP contribution in [-0.4, -0.2) is 18.6 Å². The molecule has 3 aromatic carbocycles. The molecule has 1 atom stereocenters. The van der Waals surface area contributed by atoms with Crippen LogP contribution in [0.25, 0.3) is 10.2 Å². The molecule has 35 heavy (non-hydrogen) atoms. The summed E-state index contributed by atoms with van der Waals surface area (Å²) in [5.41, 5.74) is 2.84. The number of benzene rings is 3. The maximum absolute atomic E-state index is 13.4. The van der Waals surface area contributed by atoms with Gasteiger partial charge in [0, 0.05) is 17.0 Å². The highest BCUT2D eigenvalue weighted by atomic mass is 35.5. The highest BCUT2D eigenvalue weighted by Gasteiger charge is 2.36. The molecular weight excluding hydrogens is 504 g/mol. The number of sulfonamides is 1. The van der Waals surface area contributed by atoms with E-state index in [4.69, 9.17) is 16.3 Å². The molecule has 1 aliphatic rings. The number of fused-ring (bicyclic) bond motifs is 2. The minimum absolute atomic E-state index is 0.120. The van der Waals surface area contributed by atoms with Gasteiger partial charge in [-0.3, -0.25) is 9.36 Å². The highest BCUT2D eigenvalue weighted by Crippen LogP contribution is 2.40. The zero-order valence-electron chi connectivity index (χ0n) is 19.5. The smallest absolute Gasteiger partial charge is 0.308 e. The lowest BCUT2D eigenvalue weighted by molar-refractivity contribution is 0.0701. The fraction of sp³-hybridized carbons (Fsp3) is 0.269. The third kappa shape index (κ3) is 4.76. The van der Waals surface area contributed by atoms with Gasteiger partial charge in [-0.15, -0.1) is 0 Å².